The minimum Gasteiger partial charge on any atom is -0.507 e. The summed E-state index contributed by atoms with van der Waals surface area (Å²) in [5.74, 6) is -2.10. The van der Waals surface area contributed by atoms with Crippen molar-refractivity contribution in [3.05, 3.63) is 93.1 Å². The van der Waals surface area contributed by atoms with E-state index >= 15 is 0 Å². The summed E-state index contributed by atoms with van der Waals surface area (Å²) in [5, 5.41) is 33.8. The molecule has 3 aromatic rings. The van der Waals surface area contributed by atoms with Gasteiger partial charge >= 0.3 is 0 Å². The lowest BCUT2D eigenvalue weighted by Gasteiger charge is -2.31. The van der Waals surface area contributed by atoms with Crippen molar-refractivity contribution in [2.45, 2.75) is 45.1 Å². The van der Waals surface area contributed by atoms with Gasteiger partial charge in [-0.1, -0.05) is 61.4 Å². The molecule has 43 heavy (non-hydrogen) atoms. The Bertz CT molecular complexity index is 1680. The molecule has 0 radical (unpaired) electrons. The van der Waals surface area contributed by atoms with Crippen molar-refractivity contribution in [3.8, 4) is 5.75 Å². The van der Waals surface area contributed by atoms with Crippen molar-refractivity contribution in [1.82, 2.24) is 0 Å². The van der Waals surface area contributed by atoms with Crippen LogP contribution in [0.5, 0.6) is 5.75 Å². The van der Waals surface area contributed by atoms with Crippen LogP contribution >= 0.6 is 0 Å². The number of aliphatic hydroxyl groups excluding tert-OH is 1. The number of allylic oxidation sites excluding steroid dienone is 1. The van der Waals surface area contributed by atoms with Crippen LogP contribution in [0.2, 0.25) is 0 Å². The van der Waals surface area contributed by atoms with Crippen LogP contribution in [0.4, 0.5) is 11.4 Å². The third-order valence-electron chi connectivity index (χ3n) is 9.09. The molecule has 9 heteroatoms. The average Bonchev–Trinajstić information content (AvgIpc) is 3.55. The number of non-ortho nitro benzene ring substituents is 1. The number of carbonyl (C=O) groups excluding carboxylic acids is 2. The Hall–Kier alpha value is -4.34. The number of imide groups is 1. The maximum absolute atomic E-state index is 13.7. The zero-order valence-corrected chi connectivity index (χ0v) is 23.9. The summed E-state index contributed by atoms with van der Waals surface area (Å²) >= 11 is 0. The van der Waals surface area contributed by atoms with E-state index in [1.807, 2.05) is 30.3 Å². The average molecular weight is 583 g/mol. The van der Waals surface area contributed by atoms with E-state index in [0.717, 1.165) is 51.6 Å². The summed E-state index contributed by atoms with van der Waals surface area (Å²) in [6, 6.07) is 17.0. The number of carbonyl (C=O) groups is 2. The van der Waals surface area contributed by atoms with Gasteiger partial charge < -0.3 is 14.9 Å². The first-order valence-corrected chi connectivity index (χ1v) is 14.8. The topological polar surface area (TPSA) is 130 Å². The number of ether oxygens (including phenoxy) is 1. The van der Waals surface area contributed by atoms with Gasteiger partial charge in [0, 0.05) is 23.4 Å². The third kappa shape index (κ3) is 5.13. The minimum absolute atomic E-state index is 0.191. The van der Waals surface area contributed by atoms with Crippen molar-refractivity contribution in [3.63, 3.8) is 0 Å². The molecule has 2 fully saturated rings. The number of nitro benzene ring substituents is 1. The van der Waals surface area contributed by atoms with Crippen LogP contribution in [0.1, 0.15) is 44.6 Å². The van der Waals surface area contributed by atoms with Crippen molar-refractivity contribution < 1.29 is 29.5 Å². The molecule has 2 N–H and O–H groups in total. The molecule has 1 aliphatic carbocycles. The number of amides is 2. The Morgan fingerprint density at radius 2 is 1.84 bits per heavy atom. The second-order valence-corrected chi connectivity index (χ2v) is 11.6. The standard InChI is InChI=1S/C34H34N2O7/c1-2-6-20(15-21-12-13-29(38)26-10-4-3-9-25(21)26)11-14-30-31-22(18-37)16-27-32(28(31)19-43-30)34(40)35(33(27)39)23-7-5-8-24(17-23)36(41)42/h3-5,7-10,12-13,15,17,27-28,30,32,37-38H,2,6,11,14,16,18-19H2,1H3/b20-15+/t27-,28+,30-,32-/m1/s1. The monoisotopic (exact) mass is 582 g/mol. The normalized spacial score (nSPS) is 23.7. The van der Waals surface area contributed by atoms with E-state index in [0.29, 0.717) is 6.42 Å². The smallest absolute Gasteiger partial charge is 0.271 e. The van der Waals surface area contributed by atoms with Crippen LogP contribution in [0.3, 0.4) is 0 Å². The van der Waals surface area contributed by atoms with Gasteiger partial charge in [-0.05, 0) is 59.9 Å². The molecule has 0 bridgehead atoms. The lowest BCUT2D eigenvalue weighted by molar-refractivity contribution is -0.384. The van der Waals surface area contributed by atoms with E-state index in [1.165, 1.54) is 29.8 Å². The Labute approximate surface area is 249 Å². The predicted octanol–water partition coefficient (Wildman–Crippen LogP) is 5.93. The number of phenols is 1. The lowest BCUT2D eigenvalue weighted by atomic mass is 9.69. The van der Waals surface area contributed by atoms with E-state index in [-0.39, 0.29) is 54.7 Å². The number of hydrogen-bond donors (Lipinski definition) is 2. The Kier molecular flexibility index (Phi) is 7.85. The molecule has 0 unspecified atom stereocenters. The van der Waals surface area contributed by atoms with E-state index in [4.69, 9.17) is 4.74 Å². The predicted molar refractivity (Wildman–Crippen MR) is 162 cm³/mol. The first-order valence-electron chi connectivity index (χ1n) is 14.8. The van der Waals surface area contributed by atoms with E-state index in [1.54, 1.807) is 6.07 Å². The summed E-state index contributed by atoms with van der Waals surface area (Å²) < 4.78 is 6.28. The van der Waals surface area contributed by atoms with Crippen LogP contribution in [0.25, 0.3) is 16.8 Å². The highest BCUT2D eigenvalue weighted by Gasteiger charge is 2.57. The molecule has 0 spiro atoms. The third-order valence-corrected chi connectivity index (χ3v) is 9.09. The van der Waals surface area contributed by atoms with Crippen molar-refractivity contribution in [2.24, 2.45) is 17.8 Å². The van der Waals surface area contributed by atoms with Gasteiger partial charge in [-0.15, -0.1) is 0 Å². The molecule has 3 aromatic carbocycles. The van der Waals surface area contributed by atoms with Gasteiger partial charge in [0.2, 0.25) is 11.8 Å². The van der Waals surface area contributed by atoms with Gasteiger partial charge in [0.05, 0.1) is 41.8 Å². The zero-order valence-electron chi connectivity index (χ0n) is 23.9. The number of fused-ring (bicyclic) bond motifs is 4. The van der Waals surface area contributed by atoms with Crippen LogP contribution in [-0.4, -0.2) is 46.3 Å². The molecule has 2 heterocycles. The van der Waals surface area contributed by atoms with E-state index in [9.17, 15) is 29.9 Å². The summed E-state index contributed by atoms with van der Waals surface area (Å²) in [4.78, 5) is 39.1. The number of aromatic hydroxyl groups is 1. The fourth-order valence-corrected chi connectivity index (χ4v) is 7.18. The first-order chi connectivity index (χ1) is 20.8. The second-order valence-electron chi connectivity index (χ2n) is 11.6. The Morgan fingerprint density at radius 1 is 1.05 bits per heavy atom. The van der Waals surface area contributed by atoms with Crippen LogP contribution in [-0.2, 0) is 14.3 Å². The number of hydrogen-bond acceptors (Lipinski definition) is 7. The number of nitro groups is 1. The van der Waals surface area contributed by atoms with Gasteiger partial charge in [-0.2, -0.15) is 0 Å². The summed E-state index contributed by atoms with van der Waals surface area (Å²) in [5.41, 5.74) is 3.96. The highest BCUT2D eigenvalue weighted by Crippen LogP contribution is 2.50. The zero-order chi connectivity index (χ0) is 30.2. The number of rotatable bonds is 9. The molecule has 2 saturated heterocycles. The van der Waals surface area contributed by atoms with E-state index in [2.05, 4.69) is 13.0 Å². The van der Waals surface area contributed by atoms with Gasteiger partial charge in [0.25, 0.3) is 5.69 Å². The molecule has 3 aliphatic rings. The Morgan fingerprint density at radius 3 is 2.58 bits per heavy atom. The SMILES string of the molecule is CCC/C(=C\c1ccc(O)c2ccccc12)CC[C@H]1OC[C@H]2C1=C(CO)C[C@H]1C(=O)N(c3cccc([N+](=O)[O-])c3)C(=O)[C@H]12. The van der Waals surface area contributed by atoms with Gasteiger partial charge in [0.15, 0.2) is 0 Å². The molecule has 4 atom stereocenters. The molecular weight excluding hydrogens is 548 g/mol. The van der Waals surface area contributed by atoms with Crippen molar-refractivity contribution in [1.29, 1.82) is 0 Å². The molecule has 2 amide bonds. The van der Waals surface area contributed by atoms with Crippen LogP contribution in [0.15, 0.2) is 77.4 Å². The molecule has 0 aromatic heterocycles. The van der Waals surface area contributed by atoms with Crippen LogP contribution < -0.4 is 4.90 Å². The summed E-state index contributed by atoms with van der Waals surface area (Å²) in [7, 11) is 0. The highest BCUT2D eigenvalue weighted by atomic mass is 16.6. The molecule has 222 valence electrons. The van der Waals surface area contributed by atoms with E-state index < -0.39 is 22.7 Å². The number of anilines is 1. The fourth-order valence-electron chi connectivity index (χ4n) is 7.18. The van der Waals surface area contributed by atoms with Gasteiger partial charge in [-0.25, -0.2) is 4.90 Å². The molecule has 2 aliphatic heterocycles. The molecule has 0 saturated carbocycles. The highest BCUT2D eigenvalue weighted by molar-refractivity contribution is 6.22. The lowest BCUT2D eigenvalue weighted by Crippen LogP contribution is -2.35. The van der Waals surface area contributed by atoms with Crippen LogP contribution in [0, 0.1) is 27.9 Å². The fraction of sp³-hybridized carbons (Fsp3) is 0.353. The second kappa shape index (κ2) is 11.7. The molecule has 9 nitrogen and oxygen atoms in total. The minimum atomic E-state index is -0.636. The first kappa shape index (κ1) is 28.8. The number of nitrogens with zero attached hydrogens (tertiary/aromatic N) is 2. The molecular formula is C34H34N2O7. The Balaban J connectivity index is 1.25. The van der Waals surface area contributed by atoms with Crippen molar-refractivity contribution in [2.75, 3.05) is 18.1 Å². The van der Waals surface area contributed by atoms with Gasteiger partial charge in [0.1, 0.15) is 5.75 Å². The number of phenolic OH excluding ortho intramolecular Hbond substituents is 1. The number of aliphatic hydroxyl groups is 1. The maximum Gasteiger partial charge on any atom is 0.271 e. The summed E-state index contributed by atoms with van der Waals surface area (Å²) in [6.45, 7) is 2.20. The number of benzene rings is 3. The largest absolute Gasteiger partial charge is 0.507 e. The van der Waals surface area contributed by atoms with Gasteiger partial charge in [-0.3, -0.25) is 19.7 Å². The maximum atomic E-state index is 13.7. The van der Waals surface area contributed by atoms with Crippen molar-refractivity contribution >= 4 is 40.0 Å². The summed E-state index contributed by atoms with van der Waals surface area (Å²) in [6.07, 6.45) is 5.46. The molecule has 6 rings (SSSR count). The quantitative estimate of drug-likeness (QED) is 0.138.